The number of amides is 1. The van der Waals surface area contributed by atoms with Crippen molar-refractivity contribution in [1.82, 2.24) is 5.32 Å². The lowest BCUT2D eigenvalue weighted by Crippen LogP contribution is -2.33. The van der Waals surface area contributed by atoms with Gasteiger partial charge < -0.3 is 5.32 Å². The average Bonchev–Trinajstić information content (AvgIpc) is 2.61. The van der Waals surface area contributed by atoms with E-state index in [1.807, 2.05) is 0 Å². The standard InChI is InChI=1S/C6H8F2INO/c7-6(8,9)3-10-5(11)4-1-2-4/h4H,1-3H2,(H,10,11). The second kappa shape index (κ2) is 3.20. The van der Waals surface area contributed by atoms with Crippen molar-refractivity contribution in [3.63, 3.8) is 0 Å². The van der Waals surface area contributed by atoms with Crippen molar-refractivity contribution >= 4 is 28.5 Å². The molecule has 0 saturated heterocycles. The van der Waals surface area contributed by atoms with Crippen LogP contribution >= 0.6 is 22.6 Å². The fraction of sp³-hybridized carbons (Fsp3) is 0.833. The molecule has 0 aromatic heterocycles. The first-order valence-electron chi connectivity index (χ1n) is 3.33. The van der Waals surface area contributed by atoms with Gasteiger partial charge in [-0.2, -0.15) is 8.78 Å². The summed E-state index contributed by atoms with van der Waals surface area (Å²) < 4.78 is 21.5. The van der Waals surface area contributed by atoms with Gasteiger partial charge in [-0.3, -0.25) is 4.79 Å². The minimum atomic E-state index is -2.82. The predicted octanol–water partition coefficient (Wildman–Crippen LogP) is 1.54. The zero-order chi connectivity index (χ0) is 8.48. The van der Waals surface area contributed by atoms with Crippen molar-refractivity contribution in [3.05, 3.63) is 0 Å². The fourth-order valence-electron chi connectivity index (χ4n) is 0.677. The molecule has 1 saturated carbocycles. The van der Waals surface area contributed by atoms with Crippen LogP contribution in [-0.4, -0.2) is 16.4 Å². The summed E-state index contributed by atoms with van der Waals surface area (Å²) >= 11 is 1.01. The van der Waals surface area contributed by atoms with Gasteiger partial charge in [-0.25, -0.2) is 0 Å². The van der Waals surface area contributed by atoms with Gasteiger partial charge in [0.25, 0.3) is 0 Å². The van der Waals surface area contributed by atoms with Gasteiger partial charge in [0.2, 0.25) is 5.91 Å². The van der Waals surface area contributed by atoms with E-state index in [0.717, 1.165) is 35.4 Å². The molecule has 0 bridgehead atoms. The zero-order valence-electron chi connectivity index (χ0n) is 5.74. The van der Waals surface area contributed by atoms with Gasteiger partial charge in [0.15, 0.2) is 0 Å². The molecule has 1 amide bonds. The first-order valence-corrected chi connectivity index (χ1v) is 4.41. The number of rotatable bonds is 3. The van der Waals surface area contributed by atoms with Gasteiger partial charge in [-0.15, -0.1) is 0 Å². The van der Waals surface area contributed by atoms with Gasteiger partial charge in [0.1, 0.15) is 0 Å². The molecule has 1 N–H and O–H groups in total. The minimum absolute atomic E-state index is 0.00810. The topological polar surface area (TPSA) is 29.1 Å². The Kier molecular flexibility index (Phi) is 2.66. The monoisotopic (exact) mass is 275 g/mol. The number of carbonyl (C=O) groups is 1. The van der Waals surface area contributed by atoms with Crippen molar-refractivity contribution < 1.29 is 13.6 Å². The van der Waals surface area contributed by atoms with E-state index >= 15 is 0 Å². The lowest BCUT2D eigenvalue weighted by atomic mass is 10.4. The van der Waals surface area contributed by atoms with Crippen LogP contribution in [0.1, 0.15) is 12.8 Å². The summed E-state index contributed by atoms with van der Waals surface area (Å²) in [7, 11) is 0. The van der Waals surface area contributed by atoms with Crippen LogP contribution in [0.2, 0.25) is 0 Å². The SMILES string of the molecule is O=C(NCC(F)(F)I)C1CC1. The third kappa shape index (κ3) is 3.83. The summed E-state index contributed by atoms with van der Waals surface area (Å²) in [5.74, 6) is -0.227. The third-order valence-corrected chi connectivity index (χ3v) is 1.79. The highest BCUT2D eigenvalue weighted by Crippen LogP contribution is 2.29. The third-order valence-electron chi connectivity index (χ3n) is 1.41. The molecule has 0 radical (unpaired) electrons. The Morgan fingerprint density at radius 2 is 2.18 bits per heavy atom. The highest BCUT2D eigenvalue weighted by molar-refractivity contribution is 14.1. The normalized spacial score (nSPS) is 18.1. The van der Waals surface area contributed by atoms with Crippen LogP contribution in [0, 0.1) is 5.92 Å². The molecule has 0 aromatic rings. The summed E-state index contributed by atoms with van der Waals surface area (Å²) in [5, 5.41) is 2.19. The highest BCUT2D eigenvalue weighted by Gasteiger charge is 2.32. The molecule has 2 nitrogen and oxygen atoms in total. The molecule has 1 aliphatic rings. The zero-order valence-corrected chi connectivity index (χ0v) is 7.90. The van der Waals surface area contributed by atoms with E-state index in [1.165, 1.54) is 0 Å². The van der Waals surface area contributed by atoms with E-state index in [2.05, 4.69) is 5.32 Å². The summed E-state index contributed by atoms with van der Waals surface area (Å²) in [6.07, 6.45) is 1.69. The molecule has 0 aliphatic heterocycles. The van der Waals surface area contributed by atoms with E-state index in [0.29, 0.717) is 0 Å². The Morgan fingerprint density at radius 3 is 2.55 bits per heavy atom. The molecule has 1 rings (SSSR count). The first-order chi connectivity index (χ1) is 4.99. The predicted molar refractivity (Wildman–Crippen MR) is 44.7 cm³/mol. The van der Waals surface area contributed by atoms with Crippen LogP contribution in [-0.2, 0) is 4.79 Å². The second-order valence-corrected chi connectivity index (χ2v) is 4.19. The number of hydrogen-bond acceptors (Lipinski definition) is 1. The molecule has 0 spiro atoms. The van der Waals surface area contributed by atoms with E-state index in [4.69, 9.17) is 0 Å². The smallest absolute Gasteiger partial charge is 0.313 e. The summed E-state index contributed by atoms with van der Waals surface area (Å²) in [6.45, 7) is -0.553. The lowest BCUT2D eigenvalue weighted by molar-refractivity contribution is -0.123. The number of hydrogen-bond donors (Lipinski definition) is 1. The molecule has 0 aromatic carbocycles. The molecular weight excluding hydrogens is 267 g/mol. The maximum Gasteiger partial charge on any atom is 0.313 e. The molecule has 0 atom stereocenters. The van der Waals surface area contributed by atoms with Gasteiger partial charge in [-0.1, -0.05) is 0 Å². The minimum Gasteiger partial charge on any atom is -0.349 e. The molecule has 1 aliphatic carbocycles. The molecule has 1 fully saturated rings. The summed E-state index contributed by atoms with van der Waals surface area (Å²) in [4.78, 5) is 10.8. The molecule has 0 heterocycles. The van der Waals surface area contributed by atoms with Crippen LogP contribution in [0.15, 0.2) is 0 Å². The molecule has 64 valence electrons. The van der Waals surface area contributed by atoms with E-state index in [1.54, 1.807) is 0 Å². The molecule has 11 heavy (non-hydrogen) atoms. The fourth-order valence-corrected chi connectivity index (χ4v) is 0.868. The van der Waals surface area contributed by atoms with Crippen LogP contribution in [0.3, 0.4) is 0 Å². The van der Waals surface area contributed by atoms with E-state index in [9.17, 15) is 13.6 Å². The Hall–Kier alpha value is 0.0600. The number of halogens is 3. The Balaban J connectivity index is 2.16. The summed E-state index contributed by atoms with van der Waals surface area (Å²) in [5.41, 5.74) is 0. The van der Waals surface area contributed by atoms with Gasteiger partial charge in [0, 0.05) is 28.5 Å². The maximum absolute atomic E-state index is 12.1. The van der Waals surface area contributed by atoms with Gasteiger partial charge in [0.05, 0.1) is 6.54 Å². The lowest BCUT2D eigenvalue weighted by Gasteiger charge is -2.08. The van der Waals surface area contributed by atoms with Crippen molar-refractivity contribution in [2.24, 2.45) is 5.92 Å². The largest absolute Gasteiger partial charge is 0.349 e. The highest BCUT2D eigenvalue weighted by atomic mass is 127. The van der Waals surface area contributed by atoms with Crippen LogP contribution in [0.4, 0.5) is 8.78 Å². The number of carbonyl (C=O) groups excluding carboxylic acids is 1. The number of alkyl halides is 3. The van der Waals surface area contributed by atoms with E-state index in [-0.39, 0.29) is 11.8 Å². The van der Waals surface area contributed by atoms with Gasteiger partial charge in [-0.05, 0) is 12.8 Å². The molecule has 0 unspecified atom stereocenters. The summed E-state index contributed by atoms with van der Waals surface area (Å²) in [6, 6.07) is 0. The van der Waals surface area contributed by atoms with Crippen molar-refractivity contribution in [2.45, 2.75) is 16.8 Å². The Labute approximate surface area is 76.9 Å². The van der Waals surface area contributed by atoms with Crippen LogP contribution in [0.25, 0.3) is 0 Å². The second-order valence-electron chi connectivity index (χ2n) is 2.61. The molecular formula is C6H8F2INO. The van der Waals surface area contributed by atoms with Gasteiger partial charge >= 0.3 is 3.93 Å². The van der Waals surface area contributed by atoms with Crippen molar-refractivity contribution in [2.75, 3.05) is 6.54 Å². The molecule has 5 heteroatoms. The number of nitrogens with one attached hydrogen (secondary N) is 1. The maximum atomic E-state index is 12.1. The van der Waals surface area contributed by atoms with Crippen molar-refractivity contribution in [3.8, 4) is 0 Å². The quantitative estimate of drug-likeness (QED) is 0.614. The first kappa shape index (κ1) is 9.15. The average molecular weight is 275 g/mol. The van der Waals surface area contributed by atoms with Crippen LogP contribution in [0.5, 0.6) is 0 Å². The van der Waals surface area contributed by atoms with Crippen LogP contribution < -0.4 is 5.32 Å². The van der Waals surface area contributed by atoms with E-state index < -0.39 is 10.5 Å². The Morgan fingerprint density at radius 1 is 1.64 bits per heavy atom. The Bertz CT molecular complexity index is 164. The van der Waals surface area contributed by atoms with Crippen molar-refractivity contribution in [1.29, 1.82) is 0 Å².